The van der Waals surface area contributed by atoms with E-state index in [9.17, 15) is 13.2 Å². The van der Waals surface area contributed by atoms with Gasteiger partial charge >= 0.3 is 5.97 Å². The zero-order valence-corrected chi connectivity index (χ0v) is 12.6. The number of aliphatic carboxylic acids is 1. The van der Waals surface area contributed by atoms with Gasteiger partial charge in [-0.25, -0.2) is 8.42 Å². The summed E-state index contributed by atoms with van der Waals surface area (Å²) in [4.78, 5) is 10.9. The molecule has 1 aliphatic rings. The Morgan fingerprint density at radius 3 is 2.81 bits per heavy atom. The maximum Gasteiger partial charge on any atom is 0.307 e. The van der Waals surface area contributed by atoms with Crippen molar-refractivity contribution in [2.75, 3.05) is 13.1 Å². The lowest BCUT2D eigenvalue weighted by Gasteiger charge is -2.30. The summed E-state index contributed by atoms with van der Waals surface area (Å²) in [5.74, 6) is -1.72. The van der Waals surface area contributed by atoms with E-state index in [2.05, 4.69) is 0 Å². The number of carbonyl (C=O) groups is 1. The lowest BCUT2D eigenvalue weighted by atomic mass is 10.0. The fraction of sp³-hybridized carbons (Fsp3) is 0.385. The van der Waals surface area contributed by atoms with Gasteiger partial charge in [-0.1, -0.05) is 11.6 Å². The average Bonchev–Trinajstić information content (AvgIpc) is 2.47. The molecule has 1 heterocycles. The van der Waals surface area contributed by atoms with E-state index >= 15 is 0 Å². The van der Waals surface area contributed by atoms with Gasteiger partial charge in [-0.15, -0.1) is 0 Å². The number of hydrogen-bond donors (Lipinski definition) is 1. The summed E-state index contributed by atoms with van der Waals surface area (Å²) in [6.07, 6.45) is 0.930. The van der Waals surface area contributed by atoms with Crippen LogP contribution in [0.3, 0.4) is 0 Å². The summed E-state index contributed by atoms with van der Waals surface area (Å²) in [5, 5.41) is 17.9. The lowest BCUT2D eigenvalue weighted by Crippen LogP contribution is -2.42. The number of piperidine rings is 1. The van der Waals surface area contributed by atoms with Crippen LogP contribution < -0.4 is 0 Å². The molecule has 0 aliphatic carbocycles. The Kier molecular flexibility index (Phi) is 4.52. The van der Waals surface area contributed by atoms with E-state index in [1.165, 1.54) is 18.2 Å². The number of carboxylic acids is 1. The smallest absolute Gasteiger partial charge is 0.307 e. The molecule has 8 heteroatoms. The van der Waals surface area contributed by atoms with Crippen LogP contribution >= 0.6 is 11.6 Å². The second-order valence-electron chi connectivity index (χ2n) is 4.80. The van der Waals surface area contributed by atoms with Crippen LogP contribution in [0.25, 0.3) is 0 Å². The van der Waals surface area contributed by atoms with Crippen molar-refractivity contribution in [3.05, 3.63) is 28.8 Å². The largest absolute Gasteiger partial charge is 0.481 e. The van der Waals surface area contributed by atoms with Crippen LogP contribution in [0, 0.1) is 17.2 Å². The van der Waals surface area contributed by atoms with Crippen LogP contribution in [-0.2, 0) is 14.8 Å². The van der Waals surface area contributed by atoms with Crippen molar-refractivity contribution in [1.82, 2.24) is 4.31 Å². The zero-order valence-electron chi connectivity index (χ0n) is 11.0. The van der Waals surface area contributed by atoms with E-state index in [4.69, 9.17) is 22.0 Å². The Bertz CT molecular complexity index is 711. The van der Waals surface area contributed by atoms with Crippen molar-refractivity contribution in [2.24, 2.45) is 5.92 Å². The predicted molar refractivity (Wildman–Crippen MR) is 75.3 cm³/mol. The molecule has 1 N–H and O–H groups in total. The zero-order chi connectivity index (χ0) is 15.6. The minimum atomic E-state index is -3.90. The average molecular weight is 329 g/mol. The molecule has 21 heavy (non-hydrogen) atoms. The lowest BCUT2D eigenvalue weighted by molar-refractivity contribution is -0.142. The van der Waals surface area contributed by atoms with Gasteiger partial charge in [-0.2, -0.15) is 9.57 Å². The maximum atomic E-state index is 12.6. The summed E-state index contributed by atoms with van der Waals surface area (Å²) in [7, 11) is -3.90. The monoisotopic (exact) mass is 328 g/mol. The molecule has 0 saturated carbocycles. The molecular formula is C13H13ClN2O4S. The fourth-order valence-electron chi connectivity index (χ4n) is 2.27. The Hall–Kier alpha value is -1.62. The molecule has 0 unspecified atom stereocenters. The number of nitrogens with zero attached hydrogens (tertiary/aromatic N) is 2. The summed E-state index contributed by atoms with van der Waals surface area (Å²) in [5.41, 5.74) is 0.185. The van der Waals surface area contributed by atoms with Gasteiger partial charge in [0.2, 0.25) is 10.0 Å². The van der Waals surface area contributed by atoms with Crippen LogP contribution in [0.1, 0.15) is 18.4 Å². The number of hydrogen-bond acceptors (Lipinski definition) is 4. The van der Waals surface area contributed by atoms with Gasteiger partial charge < -0.3 is 5.11 Å². The summed E-state index contributed by atoms with van der Waals surface area (Å²) >= 11 is 5.92. The first kappa shape index (κ1) is 15.8. The molecule has 1 aromatic rings. The van der Waals surface area contributed by atoms with Gasteiger partial charge in [0.15, 0.2) is 0 Å². The number of benzene rings is 1. The summed E-state index contributed by atoms with van der Waals surface area (Å²) in [6.45, 7) is 0.171. The van der Waals surface area contributed by atoms with Gasteiger partial charge in [-0.3, -0.25) is 4.79 Å². The highest BCUT2D eigenvalue weighted by Gasteiger charge is 2.34. The molecule has 6 nitrogen and oxygen atoms in total. The molecule has 1 saturated heterocycles. The minimum absolute atomic E-state index is 0.0199. The van der Waals surface area contributed by atoms with Crippen LogP contribution in [0.15, 0.2) is 23.1 Å². The standard InChI is InChI=1S/C13H13ClN2O4S/c14-11-4-3-9(7-15)6-12(11)21(19,20)16-5-1-2-10(8-16)13(17)18/h3-4,6,10H,1-2,5,8H2,(H,17,18)/t10-/m0/s1. The van der Waals surface area contributed by atoms with E-state index in [1.807, 2.05) is 6.07 Å². The van der Waals surface area contributed by atoms with Gasteiger partial charge in [0.1, 0.15) is 4.90 Å². The highest BCUT2D eigenvalue weighted by Crippen LogP contribution is 2.29. The summed E-state index contributed by atoms with van der Waals surface area (Å²) in [6, 6.07) is 5.85. The first-order chi connectivity index (χ1) is 9.86. The molecule has 0 aromatic heterocycles. The fourth-order valence-corrected chi connectivity index (χ4v) is 4.30. The number of carboxylic acid groups (broad SMARTS) is 1. The van der Waals surface area contributed by atoms with Crippen LogP contribution in [0.2, 0.25) is 5.02 Å². The highest BCUT2D eigenvalue weighted by atomic mass is 35.5. The number of nitriles is 1. The van der Waals surface area contributed by atoms with E-state index in [1.54, 1.807) is 0 Å². The second kappa shape index (κ2) is 6.02. The third kappa shape index (κ3) is 3.18. The van der Waals surface area contributed by atoms with Gasteiger partial charge in [-0.05, 0) is 31.0 Å². The molecule has 1 aliphatic heterocycles. The van der Waals surface area contributed by atoms with Crippen molar-refractivity contribution in [3.8, 4) is 6.07 Å². The quantitative estimate of drug-likeness (QED) is 0.910. The van der Waals surface area contributed by atoms with Crippen LogP contribution in [0.5, 0.6) is 0 Å². The summed E-state index contributed by atoms with van der Waals surface area (Å²) < 4.78 is 26.3. The minimum Gasteiger partial charge on any atom is -0.481 e. The predicted octanol–water partition coefficient (Wildman–Crippen LogP) is 1.70. The molecule has 0 amide bonds. The first-order valence-corrected chi connectivity index (χ1v) is 8.10. The van der Waals surface area contributed by atoms with Gasteiger partial charge in [0.05, 0.1) is 22.6 Å². The van der Waals surface area contributed by atoms with Crippen molar-refractivity contribution < 1.29 is 18.3 Å². The molecule has 1 aromatic carbocycles. The van der Waals surface area contributed by atoms with Crippen molar-refractivity contribution in [1.29, 1.82) is 5.26 Å². The topological polar surface area (TPSA) is 98.5 Å². The van der Waals surface area contributed by atoms with Crippen molar-refractivity contribution in [3.63, 3.8) is 0 Å². The Morgan fingerprint density at radius 2 is 2.19 bits per heavy atom. The molecule has 0 spiro atoms. The Morgan fingerprint density at radius 1 is 1.48 bits per heavy atom. The molecule has 0 radical (unpaired) electrons. The highest BCUT2D eigenvalue weighted by molar-refractivity contribution is 7.89. The van der Waals surface area contributed by atoms with Gasteiger partial charge in [0, 0.05) is 13.1 Å². The maximum absolute atomic E-state index is 12.6. The molecule has 1 fully saturated rings. The molecular weight excluding hydrogens is 316 g/mol. The molecule has 1 atom stereocenters. The molecule has 2 rings (SSSR count). The number of rotatable bonds is 3. The van der Waals surface area contributed by atoms with E-state index < -0.39 is 21.9 Å². The Labute approximate surface area is 127 Å². The third-order valence-electron chi connectivity index (χ3n) is 3.41. The van der Waals surface area contributed by atoms with Gasteiger partial charge in [0.25, 0.3) is 0 Å². The third-order valence-corrected chi connectivity index (χ3v) is 5.76. The van der Waals surface area contributed by atoms with E-state index in [0.717, 1.165) is 4.31 Å². The Balaban J connectivity index is 2.38. The molecule has 112 valence electrons. The van der Waals surface area contributed by atoms with Crippen molar-refractivity contribution >= 4 is 27.6 Å². The number of sulfonamides is 1. The van der Waals surface area contributed by atoms with Crippen molar-refractivity contribution in [2.45, 2.75) is 17.7 Å². The van der Waals surface area contributed by atoms with Crippen LogP contribution in [-0.4, -0.2) is 36.9 Å². The normalized spacial score (nSPS) is 19.9. The van der Waals surface area contributed by atoms with E-state index in [0.29, 0.717) is 12.8 Å². The molecule has 0 bridgehead atoms. The SMILES string of the molecule is N#Cc1ccc(Cl)c(S(=O)(=O)N2CCC[C@H](C(=O)O)C2)c1. The number of halogens is 1. The van der Waals surface area contributed by atoms with E-state index in [-0.39, 0.29) is 28.6 Å². The first-order valence-electron chi connectivity index (χ1n) is 6.29. The second-order valence-corrected chi connectivity index (χ2v) is 7.11. The van der Waals surface area contributed by atoms with Crippen LogP contribution in [0.4, 0.5) is 0 Å².